The molecule has 0 atom stereocenters. The van der Waals surface area contributed by atoms with Crippen LogP contribution in [0.25, 0.3) is 0 Å². The summed E-state index contributed by atoms with van der Waals surface area (Å²) in [6.07, 6.45) is 2.34. The van der Waals surface area contributed by atoms with Gasteiger partial charge < -0.3 is 10.6 Å². The lowest BCUT2D eigenvalue weighted by Crippen LogP contribution is -2.22. The maximum absolute atomic E-state index is 12.8. The largest absolute Gasteiger partial charge is 0.359 e. The summed E-state index contributed by atoms with van der Waals surface area (Å²) in [5, 5.41) is 6.94. The zero-order chi connectivity index (χ0) is 14.8. The number of nitrogens with one attached hydrogen (secondary N) is 2. The summed E-state index contributed by atoms with van der Waals surface area (Å²) < 4.78 is 12.8. The standard InChI is InChI=1S/C15H16FN3OS/c1-9-13(21-15(18-9)19-12-6-7-12)14(20)17-8-10-2-4-11(16)5-3-10/h2-5,12H,6-8H2,1H3,(H,17,20)(H,18,19). The number of thiazole rings is 1. The molecule has 0 bridgehead atoms. The van der Waals surface area contributed by atoms with E-state index in [2.05, 4.69) is 15.6 Å². The molecule has 3 rings (SSSR count). The molecule has 1 amide bonds. The number of carbonyl (C=O) groups is 1. The molecular weight excluding hydrogens is 289 g/mol. The summed E-state index contributed by atoms with van der Waals surface area (Å²) in [5.74, 6) is -0.419. The first-order valence-electron chi connectivity index (χ1n) is 6.88. The van der Waals surface area contributed by atoms with Gasteiger partial charge >= 0.3 is 0 Å². The minimum Gasteiger partial charge on any atom is -0.359 e. The second-order valence-electron chi connectivity index (χ2n) is 5.16. The van der Waals surface area contributed by atoms with Gasteiger partial charge in [-0.2, -0.15) is 0 Å². The van der Waals surface area contributed by atoms with Crippen LogP contribution < -0.4 is 10.6 Å². The van der Waals surface area contributed by atoms with Crippen molar-refractivity contribution >= 4 is 22.4 Å². The molecule has 21 heavy (non-hydrogen) atoms. The highest BCUT2D eigenvalue weighted by Gasteiger charge is 2.23. The quantitative estimate of drug-likeness (QED) is 0.892. The molecule has 1 saturated carbocycles. The molecule has 2 N–H and O–H groups in total. The van der Waals surface area contributed by atoms with E-state index in [4.69, 9.17) is 0 Å². The summed E-state index contributed by atoms with van der Waals surface area (Å²) >= 11 is 1.38. The number of hydrogen-bond acceptors (Lipinski definition) is 4. The number of halogens is 1. The van der Waals surface area contributed by atoms with Crippen molar-refractivity contribution in [1.82, 2.24) is 10.3 Å². The predicted octanol–water partition coefficient (Wildman–Crippen LogP) is 3.09. The van der Waals surface area contributed by atoms with Crippen molar-refractivity contribution in [1.29, 1.82) is 0 Å². The first-order chi connectivity index (χ1) is 10.1. The van der Waals surface area contributed by atoms with Gasteiger partial charge in [0, 0.05) is 12.6 Å². The summed E-state index contributed by atoms with van der Waals surface area (Å²) in [4.78, 5) is 17.2. The number of rotatable bonds is 5. The first-order valence-corrected chi connectivity index (χ1v) is 7.70. The van der Waals surface area contributed by atoms with Crippen LogP contribution in [0.4, 0.5) is 9.52 Å². The maximum atomic E-state index is 12.8. The van der Waals surface area contributed by atoms with Gasteiger partial charge in [-0.1, -0.05) is 23.5 Å². The third-order valence-electron chi connectivity index (χ3n) is 3.27. The summed E-state index contributed by atoms with van der Waals surface area (Å²) in [5.41, 5.74) is 1.60. The van der Waals surface area contributed by atoms with Gasteiger partial charge in [0.15, 0.2) is 5.13 Å². The Morgan fingerprint density at radius 3 is 2.76 bits per heavy atom. The first kappa shape index (κ1) is 14.0. The van der Waals surface area contributed by atoms with Crippen LogP contribution in [0.1, 0.15) is 33.8 Å². The van der Waals surface area contributed by atoms with Crippen molar-refractivity contribution < 1.29 is 9.18 Å². The Labute approximate surface area is 126 Å². The monoisotopic (exact) mass is 305 g/mol. The molecule has 1 aliphatic rings. The SMILES string of the molecule is Cc1nc(NC2CC2)sc1C(=O)NCc1ccc(F)cc1. The van der Waals surface area contributed by atoms with Crippen LogP contribution in [0, 0.1) is 12.7 Å². The van der Waals surface area contributed by atoms with Crippen LogP contribution in [-0.2, 0) is 6.54 Å². The van der Waals surface area contributed by atoms with Gasteiger partial charge in [0.1, 0.15) is 10.7 Å². The van der Waals surface area contributed by atoms with E-state index in [1.54, 1.807) is 12.1 Å². The highest BCUT2D eigenvalue weighted by Crippen LogP contribution is 2.29. The molecule has 6 heteroatoms. The fraction of sp³-hybridized carbons (Fsp3) is 0.333. The Morgan fingerprint density at radius 1 is 1.38 bits per heavy atom. The van der Waals surface area contributed by atoms with E-state index in [1.807, 2.05) is 6.92 Å². The lowest BCUT2D eigenvalue weighted by Gasteiger charge is -2.04. The van der Waals surface area contributed by atoms with Gasteiger partial charge in [0.2, 0.25) is 0 Å². The minimum absolute atomic E-state index is 0.141. The van der Waals surface area contributed by atoms with Gasteiger partial charge in [-0.3, -0.25) is 4.79 Å². The Balaban J connectivity index is 1.61. The van der Waals surface area contributed by atoms with Crippen molar-refractivity contribution in [3.63, 3.8) is 0 Å². The second kappa shape index (κ2) is 5.81. The number of anilines is 1. The maximum Gasteiger partial charge on any atom is 0.263 e. The highest BCUT2D eigenvalue weighted by atomic mass is 32.1. The second-order valence-corrected chi connectivity index (χ2v) is 6.16. The van der Waals surface area contributed by atoms with E-state index in [-0.39, 0.29) is 11.7 Å². The van der Waals surface area contributed by atoms with E-state index in [1.165, 1.54) is 36.3 Å². The van der Waals surface area contributed by atoms with Gasteiger partial charge in [0.25, 0.3) is 5.91 Å². The molecule has 0 aliphatic heterocycles. The van der Waals surface area contributed by atoms with Crippen molar-refractivity contribution in [2.24, 2.45) is 0 Å². The fourth-order valence-corrected chi connectivity index (χ4v) is 2.90. The Hall–Kier alpha value is -1.95. The van der Waals surface area contributed by atoms with E-state index in [9.17, 15) is 9.18 Å². The number of amides is 1. The molecule has 4 nitrogen and oxygen atoms in total. The zero-order valence-corrected chi connectivity index (χ0v) is 12.5. The Morgan fingerprint density at radius 2 is 2.10 bits per heavy atom. The molecule has 2 aromatic rings. The molecule has 0 saturated heterocycles. The molecular formula is C15H16FN3OS. The number of aryl methyl sites for hydroxylation is 1. The number of carbonyl (C=O) groups excluding carboxylic acids is 1. The van der Waals surface area contributed by atoms with Gasteiger partial charge in [-0.05, 0) is 37.5 Å². The topological polar surface area (TPSA) is 54.0 Å². The average Bonchev–Trinajstić information content (AvgIpc) is 3.19. The highest BCUT2D eigenvalue weighted by molar-refractivity contribution is 7.17. The molecule has 1 aliphatic carbocycles. The van der Waals surface area contributed by atoms with Crippen molar-refractivity contribution in [3.05, 3.63) is 46.2 Å². The van der Waals surface area contributed by atoms with Crippen LogP contribution in [0.3, 0.4) is 0 Å². The zero-order valence-electron chi connectivity index (χ0n) is 11.6. The summed E-state index contributed by atoms with van der Waals surface area (Å²) in [6, 6.07) is 6.62. The predicted molar refractivity (Wildman–Crippen MR) is 81.1 cm³/mol. The van der Waals surface area contributed by atoms with Gasteiger partial charge in [-0.25, -0.2) is 9.37 Å². The number of benzene rings is 1. The third-order valence-corrected chi connectivity index (χ3v) is 4.36. The number of hydrogen-bond donors (Lipinski definition) is 2. The van der Waals surface area contributed by atoms with Crippen molar-refractivity contribution in [3.8, 4) is 0 Å². The van der Waals surface area contributed by atoms with E-state index in [0.717, 1.165) is 16.4 Å². The third kappa shape index (κ3) is 3.58. The molecule has 0 radical (unpaired) electrons. The van der Waals surface area contributed by atoms with Gasteiger partial charge in [0.05, 0.1) is 5.69 Å². The molecule has 110 valence electrons. The lowest BCUT2D eigenvalue weighted by molar-refractivity contribution is 0.0954. The summed E-state index contributed by atoms with van der Waals surface area (Å²) in [6.45, 7) is 2.21. The average molecular weight is 305 g/mol. The summed E-state index contributed by atoms with van der Waals surface area (Å²) in [7, 11) is 0. The van der Waals surface area contributed by atoms with Crippen LogP contribution in [0.15, 0.2) is 24.3 Å². The van der Waals surface area contributed by atoms with Crippen LogP contribution >= 0.6 is 11.3 Å². The van der Waals surface area contributed by atoms with Crippen molar-refractivity contribution in [2.45, 2.75) is 32.4 Å². The van der Waals surface area contributed by atoms with Crippen LogP contribution in [-0.4, -0.2) is 16.9 Å². The van der Waals surface area contributed by atoms with E-state index >= 15 is 0 Å². The Kier molecular flexibility index (Phi) is 3.88. The number of nitrogens with zero attached hydrogens (tertiary/aromatic N) is 1. The van der Waals surface area contributed by atoms with Crippen LogP contribution in [0.5, 0.6) is 0 Å². The lowest BCUT2D eigenvalue weighted by atomic mass is 10.2. The fourth-order valence-electron chi connectivity index (χ4n) is 1.94. The molecule has 1 aromatic carbocycles. The number of aromatic nitrogens is 1. The minimum atomic E-state index is -0.279. The smallest absolute Gasteiger partial charge is 0.263 e. The molecule has 1 fully saturated rings. The molecule has 0 unspecified atom stereocenters. The molecule has 1 aromatic heterocycles. The molecule has 1 heterocycles. The Bertz CT molecular complexity index is 649. The van der Waals surface area contributed by atoms with E-state index in [0.29, 0.717) is 17.5 Å². The van der Waals surface area contributed by atoms with E-state index < -0.39 is 0 Å². The van der Waals surface area contributed by atoms with Crippen LogP contribution in [0.2, 0.25) is 0 Å². The normalized spacial score (nSPS) is 14.0. The van der Waals surface area contributed by atoms with Gasteiger partial charge in [-0.15, -0.1) is 0 Å². The molecule has 0 spiro atoms. The van der Waals surface area contributed by atoms with Crippen molar-refractivity contribution in [2.75, 3.05) is 5.32 Å².